The number of hydrogen-bond acceptors (Lipinski definition) is 20. The van der Waals surface area contributed by atoms with Crippen molar-refractivity contribution in [2.24, 2.45) is 29.6 Å². The minimum atomic E-state index is 0.314. The Morgan fingerprint density at radius 1 is 0.295 bits per heavy atom. The van der Waals surface area contributed by atoms with Crippen molar-refractivity contribution in [3.8, 4) is 0 Å². The molecular weight excluding hydrogens is 1330 g/mol. The zero-order chi connectivity index (χ0) is 75.9. The van der Waals surface area contributed by atoms with Gasteiger partial charge in [0.05, 0.1) is 64.1 Å². The van der Waals surface area contributed by atoms with Crippen LogP contribution in [0.25, 0.3) is 0 Å². The van der Waals surface area contributed by atoms with E-state index in [2.05, 4.69) is 175 Å². The molecule has 0 aromatic carbocycles. The van der Waals surface area contributed by atoms with Crippen LogP contribution in [0.1, 0.15) is 195 Å². The van der Waals surface area contributed by atoms with Crippen molar-refractivity contribution in [2.75, 3.05) is 292 Å². The molecule has 0 spiro atoms. The number of morpholine rings is 2. The van der Waals surface area contributed by atoms with Gasteiger partial charge in [-0.2, -0.15) is 11.8 Å². The summed E-state index contributed by atoms with van der Waals surface area (Å²) in [6.07, 6.45) is 37.5. The zero-order valence-electron chi connectivity index (χ0n) is 71.9. The van der Waals surface area contributed by atoms with Crippen molar-refractivity contribution in [3.63, 3.8) is 0 Å². The Kier molecular flexibility index (Phi) is 58.1. The first-order valence-electron chi connectivity index (χ1n) is 44.0. The minimum absolute atomic E-state index is 0.314. The van der Waals surface area contributed by atoms with Crippen molar-refractivity contribution in [3.05, 3.63) is 0 Å². The molecule has 11 unspecified atom stereocenters. The molecule has 20 heteroatoms. The summed E-state index contributed by atoms with van der Waals surface area (Å²) in [4.78, 5) is 23.8. The molecule has 4 bridgehead atoms. The second-order valence-corrected chi connectivity index (χ2v) is 35.9. The monoisotopic (exact) mass is 1510 g/mol. The molecule has 624 valence electrons. The smallest absolute Gasteiger partial charge is 0.0781 e. The summed E-state index contributed by atoms with van der Waals surface area (Å²) in [7, 11) is 21.9. The summed E-state index contributed by atoms with van der Waals surface area (Å²) in [5.74, 6) is 7.75. The summed E-state index contributed by atoms with van der Waals surface area (Å²) >= 11 is 2.06. The fourth-order valence-corrected chi connectivity index (χ4v) is 16.9. The Morgan fingerprint density at radius 3 is 1.10 bits per heavy atom. The summed E-state index contributed by atoms with van der Waals surface area (Å²) in [5.41, 5.74) is 0. The fraction of sp³-hybridized carbons (Fsp3) is 1.00. The maximum Gasteiger partial charge on any atom is 0.0781 e. The van der Waals surface area contributed by atoms with Gasteiger partial charge in [0, 0.05) is 109 Å². The van der Waals surface area contributed by atoms with E-state index in [1.165, 1.54) is 296 Å². The number of ether oxygens (including phenoxy) is 6. The lowest BCUT2D eigenvalue weighted by Gasteiger charge is -2.39. The fourth-order valence-electron chi connectivity index (χ4n) is 15.8. The van der Waals surface area contributed by atoms with E-state index in [0.29, 0.717) is 24.4 Å². The van der Waals surface area contributed by atoms with Crippen molar-refractivity contribution < 1.29 is 28.4 Å². The molecule has 16 saturated heterocycles. The lowest BCUT2D eigenvalue weighted by Crippen LogP contribution is -2.40. The number of hydrogen-bond donors (Lipinski definition) is 3. The van der Waals surface area contributed by atoms with Crippen LogP contribution in [-0.2, 0) is 28.4 Å². The third kappa shape index (κ3) is 51.9. The van der Waals surface area contributed by atoms with Crippen LogP contribution in [0.15, 0.2) is 0 Å². The molecule has 2 saturated carbocycles. The molecule has 0 amide bonds. The number of piperidine rings is 4. The van der Waals surface area contributed by atoms with E-state index >= 15 is 0 Å². The lowest BCUT2D eigenvalue weighted by atomic mass is 9.75. The van der Waals surface area contributed by atoms with Gasteiger partial charge in [-0.3, -0.25) is 4.90 Å². The number of piperazine rings is 1. The van der Waals surface area contributed by atoms with E-state index in [4.69, 9.17) is 28.4 Å². The maximum atomic E-state index is 5.38. The number of nitrogens with zero attached hydrogens (tertiary/aromatic N) is 10. The van der Waals surface area contributed by atoms with Crippen molar-refractivity contribution in [1.82, 2.24) is 64.9 Å². The molecule has 3 N–H and O–H groups in total. The second kappa shape index (κ2) is 63.0. The summed E-state index contributed by atoms with van der Waals surface area (Å²) in [5, 5.41) is 9.88. The number of rotatable bonds is 0. The number of fused-ring (bicyclic) bond motifs is 5. The van der Waals surface area contributed by atoms with Crippen molar-refractivity contribution in [1.29, 1.82) is 0 Å². The summed E-state index contributed by atoms with van der Waals surface area (Å²) in [6, 6.07) is 1.72. The normalized spacial score (nSPS) is 32.7. The van der Waals surface area contributed by atoms with E-state index < -0.39 is 0 Å². The second-order valence-electron chi connectivity index (χ2n) is 34.6. The van der Waals surface area contributed by atoms with E-state index in [-0.39, 0.29) is 0 Å². The van der Waals surface area contributed by atoms with Gasteiger partial charge in [0.1, 0.15) is 0 Å². The van der Waals surface area contributed by atoms with Gasteiger partial charge in [0.2, 0.25) is 0 Å². The molecule has 18 fully saturated rings. The Balaban J connectivity index is 0.000000239. The van der Waals surface area contributed by atoms with Crippen LogP contribution in [0, 0.1) is 29.6 Å². The highest BCUT2D eigenvalue weighted by Crippen LogP contribution is 2.37. The molecule has 0 radical (unpaired) electrons. The molecule has 11 atom stereocenters. The van der Waals surface area contributed by atoms with Gasteiger partial charge >= 0.3 is 0 Å². The highest BCUT2D eigenvalue weighted by atomic mass is 32.2. The highest BCUT2D eigenvalue weighted by molar-refractivity contribution is 7.99. The SMILES string of the molecule is CC1CCCNC1.CC1CCCO1.CC1CCNC1.CC1CCO1.CC1COCCO1.CN1CC2CC1CO2.CN1CC2CCC1C2.CN1CCC1.CN1CCC2CCCCC2C1.CN1CCCC1.CN1CCCCC1.CN1CCCCCC1.CN1CCNCC1.CN1CCOCC1.CN1CCSCC1. The number of likely N-dealkylation sites (tertiary alicyclic amines) is 7. The van der Waals surface area contributed by atoms with Crippen molar-refractivity contribution in [2.45, 2.75) is 232 Å². The Hall–Kier alpha value is -0.410. The molecule has 18 rings (SSSR count). The number of likely N-dealkylation sites (N-methyl/N-ethyl adjacent to an activating group) is 3. The summed E-state index contributed by atoms with van der Waals surface area (Å²) < 4.78 is 30.8. The Labute approximate surface area is 654 Å². The average molecular weight is 1510 g/mol. The van der Waals surface area contributed by atoms with Gasteiger partial charge in [-0.1, -0.05) is 52.4 Å². The molecule has 0 aromatic rings. The third-order valence-corrected chi connectivity index (χ3v) is 24.8. The van der Waals surface area contributed by atoms with E-state index in [0.717, 1.165) is 127 Å². The van der Waals surface area contributed by atoms with E-state index in [1.807, 2.05) is 6.92 Å². The van der Waals surface area contributed by atoms with Crippen LogP contribution >= 0.6 is 11.8 Å². The number of nitrogens with one attached hydrogen (secondary N) is 3. The van der Waals surface area contributed by atoms with Crippen LogP contribution in [0.5, 0.6) is 0 Å². The molecule has 16 heterocycles. The standard InChI is InChI=1S/C10H19N.C7H13N.C7H15N.C6H11NO.2C6H13N.C5H12N2.C5H11NO.C5H11NS.2C5H11N.C5H10O2.C5H10O.C4H9N.C4H8O/c1-11-7-6-9-4-2-3-5-10(9)8-11;1-8-5-6-2-3-7(8)4-6;1-8-6-4-2-3-5-7-8;1-7-3-6-2-5(7)4-8-6;1-6-3-2-4-7-5-6;1-7-5-3-2-4-6-7;1-7-4-2-6-3-5-7;2*1-6-2-4-7-5-3-6;1-5-2-3-6-4-5;1-6-4-2-3-5-6;1-5-4-6-2-3-7-5;1-5-3-2-4-6-5;1-5-3-2-4-5;1-4-2-3-5-4/h9-10H,2-8H2,1H3;6-7H,2-5H2,1H3;2-7H2,1H3;5-6H,2-4H2,1H3;6-7H,2-5H2,1H3;2-6H2,1H3;6H,2-5H2,1H3;2*2-5H2,1H3;5-6H,2-4H2,1H3;2-5H2,1H3;5H,2-4H2,1H3;5H,2-4H2,1H3;2-4H2,1H3;4H,2-3H2,1H3. The maximum absolute atomic E-state index is 5.38. The first kappa shape index (κ1) is 97.0. The van der Waals surface area contributed by atoms with Crippen molar-refractivity contribution >= 4 is 11.8 Å². The number of thioether (sulfide) groups is 1. The molecule has 2 aliphatic carbocycles. The predicted octanol–water partition coefficient (Wildman–Crippen LogP) is 11.1. The topological polar surface area (TPSA) is 124 Å². The third-order valence-electron chi connectivity index (χ3n) is 23.9. The quantitative estimate of drug-likeness (QED) is 0.213. The van der Waals surface area contributed by atoms with Gasteiger partial charge < -0.3 is 88.5 Å². The van der Waals surface area contributed by atoms with Crippen LogP contribution in [0.4, 0.5) is 0 Å². The molecule has 18 aliphatic rings. The van der Waals surface area contributed by atoms with Gasteiger partial charge in [0.25, 0.3) is 0 Å². The van der Waals surface area contributed by atoms with Crippen LogP contribution in [0.3, 0.4) is 0 Å². The van der Waals surface area contributed by atoms with E-state index in [9.17, 15) is 0 Å². The minimum Gasteiger partial charge on any atom is -0.379 e. The van der Waals surface area contributed by atoms with Gasteiger partial charge in [-0.15, -0.1) is 0 Å². The predicted molar refractivity (Wildman–Crippen MR) is 451 cm³/mol. The lowest BCUT2D eigenvalue weighted by molar-refractivity contribution is -0.0797. The largest absolute Gasteiger partial charge is 0.379 e. The molecule has 105 heavy (non-hydrogen) atoms. The highest BCUT2D eigenvalue weighted by Gasteiger charge is 2.37. The first-order chi connectivity index (χ1) is 50.8. The zero-order valence-corrected chi connectivity index (χ0v) is 72.7. The first-order valence-corrected chi connectivity index (χ1v) is 45.2. The summed E-state index contributed by atoms with van der Waals surface area (Å²) in [6.45, 7) is 48.1. The molecular formula is C85H177N13O6S. The van der Waals surface area contributed by atoms with E-state index in [1.54, 1.807) is 0 Å². The Bertz CT molecular complexity index is 1690. The van der Waals surface area contributed by atoms with Gasteiger partial charge in [-0.05, 0) is 328 Å². The molecule has 16 aliphatic heterocycles. The van der Waals surface area contributed by atoms with Crippen LogP contribution < -0.4 is 16.0 Å². The Morgan fingerprint density at radius 2 is 0.810 bits per heavy atom. The van der Waals surface area contributed by atoms with Crippen LogP contribution in [-0.4, -0.2) is 377 Å². The average Bonchev–Trinajstić information content (AvgIpc) is 1.82. The van der Waals surface area contributed by atoms with Crippen LogP contribution in [0.2, 0.25) is 0 Å². The molecule has 19 nitrogen and oxygen atoms in total. The van der Waals surface area contributed by atoms with Gasteiger partial charge in [-0.25, -0.2) is 0 Å². The molecule has 0 aromatic heterocycles. The van der Waals surface area contributed by atoms with Gasteiger partial charge in [0.15, 0.2) is 0 Å².